The number of allylic oxidation sites excluding steroid dienone is 1. The van der Waals surface area contributed by atoms with E-state index in [9.17, 15) is 4.79 Å². The summed E-state index contributed by atoms with van der Waals surface area (Å²) in [6.07, 6.45) is 5.64. The molecule has 0 atom stereocenters. The summed E-state index contributed by atoms with van der Waals surface area (Å²) >= 11 is 0. The second kappa shape index (κ2) is 7.49. The fourth-order valence-corrected chi connectivity index (χ4v) is 3.33. The number of piperazine rings is 1. The number of aromatic carboxylic acids is 1. The van der Waals surface area contributed by atoms with E-state index in [-0.39, 0.29) is 0 Å². The topological polar surface area (TPSA) is 81.1 Å². The van der Waals surface area contributed by atoms with Crippen molar-refractivity contribution >= 4 is 29.4 Å². The molecule has 0 saturated carbocycles. The molecule has 0 aliphatic carbocycles. The molecule has 0 unspecified atom stereocenters. The minimum Gasteiger partial charge on any atom is -0.478 e. The van der Waals surface area contributed by atoms with Gasteiger partial charge in [0.15, 0.2) is 0 Å². The van der Waals surface area contributed by atoms with Crippen molar-refractivity contribution in [1.29, 1.82) is 0 Å². The van der Waals surface area contributed by atoms with Gasteiger partial charge in [-0.1, -0.05) is 6.07 Å². The lowest BCUT2D eigenvalue weighted by Crippen LogP contribution is -2.46. The number of pyridine rings is 1. The van der Waals surface area contributed by atoms with E-state index in [0.717, 1.165) is 48.9 Å². The van der Waals surface area contributed by atoms with Crippen LogP contribution in [0.5, 0.6) is 0 Å². The predicted molar refractivity (Wildman–Crippen MR) is 107 cm³/mol. The molecule has 2 aliphatic heterocycles. The van der Waals surface area contributed by atoms with Crippen LogP contribution in [0.2, 0.25) is 0 Å². The van der Waals surface area contributed by atoms with Gasteiger partial charge in [0.05, 0.1) is 5.56 Å². The molecule has 0 spiro atoms. The number of anilines is 2. The molecule has 1 aromatic heterocycles. The second-order valence-corrected chi connectivity index (χ2v) is 6.48. The van der Waals surface area contributed by atoms with Crippen molar-refractivity contribution < 1.29 is 9.90 Å². The summed E-state index contributed by atoms with van der Waals surface area (Å²) in [4.78, 5) is 24.4. The van der Waals surface area contributed by atoms with Crippen LogP contribution in [0.1, 0.15) is 15.9 Å². The minimum atomic E-state index is -0.895. The summed E-state index contributed by atoms with van der Waals surface area (Å²) in [5.74, 6) is 0.0661. The van der Waals surface area contributed by atoms with Gasteiger partial charge >= 0.3 is 5.97 Å². The molecule has 1 aromatic carbocycles. The van der Waals surface area contributed by atoms with E-state index in [4.69, 9.17) is 5.11 Å². The van der Waals surface area contributed by atoms with Crippen molar-refractivity contribution in [1.82, 2.24) is 10.3 Å². The van der Waals surface area contributed by atoms with Crippen LogP contribution >= 0.6 is 0 Å². The molecule has 7 nitrogen and oxygen atoms in total. The third-order valence-corrected chi connectivity index (χ3v) is 4.83. The van der Waals surface area contributed by atoms with Gasteiger partial charge in [-0.2, -0.15) is 0 Å². The van der Waals surface area contributed by atoms with Crippen LogP contribution in [0.25, 0.3) is 5.70 Å². The summed E-state index contributed by atoms with van der Waals surface area (Å²) in [5.41, 5.74) is 3.36. The number of rotatable bonds is 4. The fourth-order valence-electron chi connectivity index (χ4n) is 3.33. The van der Waals surface area contributed by atoms with Gasteiger partial charge < -0.3 is 20.2 Å². The second-order valence-electron chi connectivity index (χ2n) is 6.48. The van der Waals surface area contributed by atoms with E-state index in [0.29, 0.717) is 12.2 Å². The lowest BCUT2D eigenvalue weighted by molar-refractivity contribution is 0.0697. The molecule has 27 heavy (non-hydrogen) atoms. The lowest BCUT2D eigenvalue weighted by atomic mass is 10.1. The maximum atomic E-state index is 11.2. The third kappa shape index (κ3) is 3.76. The number of aromatic nitrogens is 1. The number of hydrogen-bond acceptors (Lipinski definition) is 6. The zero-order valence-electron chi connectivity index (χ0n) is 14.9. The largest absolute Gasteiger partial charge is 0.478 e. The summed E-state index contributed by atoms with van der Waals surface area (Å²) in [5, 5.41) is 12.4. The first-order valence-electron chi connectivity index (χ1n) is 8.94. The predicted octanol–water partition coefficient (Wildman–Crippen LogP) is 2.08. The summed E-state index contributed by atoms with van der Waals surface area (Å²) in [6, 6.07) is 11.2. The average molecular weight is 363 g/mol. The van der Waals surface area contributed by atoms with Crippen molar-refractivity contribution in [2.45, 2.75) is 0 Å². The number of hydrogen-bond donors (Lipinski definition) is 2. The van der Waals surface area contributed by atoms with Crippen LogP contribution in [0.4, 0.5) is 11.5 Å². The summed E-state index contributed by atoms with van der Waals surface area (Å²) in [7, 11) is 0. The highest BCUT2D eigenvalue weighted by atomic mass is 16.4. The van der Waals surface area contributed by atoms with Gasteiger partial charge in [0.1, 0.15) is 12.5 Å². The van der Waals surface area contributed by atoms with E-state index in [2.05, 4.69) is 31.2 Å². The van der Waals surface area contributed by atoms with Crippen LogP contribution in [-0.4, -0.2) is 55.1 Å². The smallest absolute Gasteiger partial charge is 0.335 e. The molecule has 2 N–H and O–H groups in total. The summed E-state index contributed by atoms with van der Waals surface area (Å²) in [6.45, 7) is 3.94. The number of carboxylic acid groups (broad SMARTS) is 1. The van der Waals surface area contributed by atoms with Crippen molar-refractivity contribution in [2.24, 2.45) is 4.99 Å². The third-order valence-electron chi connectivity index (χ3n) is 4.83. The number of carbonyl (C=O) groups is 1. The van der Waals surface area contributed by atoms with Gasteiger partial charge in [0.2, 0.25) is 0 Å². The van der Waals surface area contributed by atoms with Crippen LogP contribution < -0.4 is 15.1 Å². The molecule has 2 aliphatic rings. The van der Waals surface area contributed by atoms with E-state index < -0.39 is 5.97 Å². The van der Waals surface area contributed by atoms with Crippen molar-refractivity contribution in [3.05, 3.63) is 59.8 Å². The first-order chi connectivity index (χ1) is 13.2. The van der Waals surface area contributed by atoms with E-state index in [1.807, 2.05) is 24.4 Å². The highest BCUT2D eigenvalue weighted by Gasteiger charge is 2.19. The average Bonchev–Trinajstić information content (AvgIpc) is 2.75. The Morgan fingerprint density at radius 2 is 1.89 bits per heavy atom. The van der Waals surface area contributed by atoms with Crippen molar-refractivity contribution in [2.75, 3.05) is 42.6 Å². The molecule has 0 radical (unpaired) electrons. The quantitative estimate of drug-likeness (QED) is 0.866. The molecule has 1 saturated heterocycles. The van der Waals surface area contributed by atoms with E-state index in [1.165, 1.54) is 0 Å². The Morgan fingerprint density at radius 1 is 1.07 bits per heavy atom. The normalized spacial score (nSPS) is 16.7. The Bertz CT molecular complexity index is 884. The molecule has 1 fully saturated rings. The van der Waals surface area contributed by atoms with Crippen LogP contribution in [0, 0.1) is 0 Å². The SMILES string of the molecule is O=C(O)c1cccc(N2CCN(c3ccc(C4=CC=NCN4)cn3)CC2)c1. The first-order valence-corrected chi connectivity index (χ1v) is 8.94. The highest BCUT2D eigenvalue weighted by molar-refractivity contribution is 5.89. The van der Waals surface area contributed by atoms with Gasteiger partial charge in [-0.25, -0.2) is 9.78 Å². The minimum absolute atomic E-state index is 0.322. The van der Waals surface area contributed by atoms with Gasteiger partial charge in [-0.3, -0.25) is 4.99 Å². The fraction of sp³-hybridized carbons (Fsp3) is 0.250. The van der Waals surface area contributed by atoms with Crippen LogP contribution in [0.15, 0.2) is 53.7 Å². The zero-order chi connectivity index (χ0) is 18.6. The molecule has 0 amide bonds. The Balaban J connectivity index is 1.40. The van der Waals surface area contributed by atoms with E-state index in [1.54, 1.807) is 24.4 Å². The maximum absolute atomic E-state index is 11.2. The number of nitrogens with zero attached hydrogens (tertiary/aromatic N) is 4. The lowest BCUT2D eigenvalue weighted by Gasteiger charge is -2.36. The van der Waals surface area contributed by atoms with Gasteiger partial charge in [-0.15, -0.1) is 0 Å². The monoisotopic (exact) mass is 363 g/mol. The maximum Gasteiger partial charge on any atom is 0.335 e. The Hall–Kier alpha value is -3.35. The Morgan fingerprint density at radius 3 is 2.56 bits per heavy atom. The van der Waals surface area contributed by atoms with E-state index >= 15 is 0 Å². The van der Waals surface area contributed by atoms with Gasteiger partial charge in [0, 0.05) is 55.5 Å². The van der Waals surface area contributed by atoms with Crippen LogP contribution in [-0.2, 0) is 0 Å². The number of aliphatic imine (C=N–C) groups is 1. The number of carboxylic acids is 1. The van der Waals surface area contributed by atoms with Gasteiger partial charge in [-0.05, 0) is 36.4 Å². The van der Waals surface area contributed by atoms with Crippen molar-refractivity contribution in [3.8, 4) is 0 Å². The molecule has 2 aromatic rings. The van der Waals surface area contributed by atoms with Crippen molar-refractivity contribution in [3.63, 3.8) is 0 Å². The highest BCUT2D eigenvalue weighted by Crippen LogP contribution is 2.21. The number of nitrogens with one attached hydrogen (secondary N) is 1. The molecule has 3 heterocycles. The summed E-state index contributed by atoms with van der Waals surface area (Å²) < 4.78 is 0. The molecule has 138 valence electrons. The zero-order valence-corrected chi connectivity index (χ0v) is 14.9. The Labute approximate surface area is 157 Å². The standard InChI is InChI=1S/C20H21N5O2/c26-20(27)15-2-1-3-17(12-15)24-8-10-25(11-9-24)19-5-4-16(13-22-19)18-6-7-21-14-23-18/h1-7,12-13,23H,8-11,14H2,(H,26,27). The molecule has 4 rings (SSSR count). The van der Waals surface area contributed by atoms with Gasteiger partial charge in [0.25, 0.3) is 0 Å². The Kier molecular flexibility index (Phi) is 4.74. The molecular weight excluding hydrogens is 342 g/mol. The van der Waals surface area contributed by atoms with Crippen LogP contribution in [0.3, 0.4) is 0 Å². The molecule has 0 bridgehead atoms. The first kappa shape index (κ1) is 17.1. The number of benzene rings is 1. The molecular formula is C20H21N5O2. The molecule has 7 heteroatoms.